The number of hydrogen-bond donors (Lipinski definition) is 1. The lowest BCUT2D eigenvalue weighted by molar-refractivity contribution is 0.0786. The average molecular weight is 326 g/mol. The first-order chi connectivity index (χ1) is 10.3. The largest absolute Gasteiger partial charge is 0.378 e. The van der Waals surface area contributed by atoms with Crippen LogP contribution < -0.4 is 5.32 Å². The standard InChI is InChI=1S/C15H22N2O4S/c1-17(2)8-11-4-6-12(7-5-11)15(18)16-13-9-22(19,20)10-14(13)21-3/h4-7,13-14H,8-10H2,1-3H3,(H,16,18)/t13-,14-/m1/s1. The number of carbonyl (C=O) groups is 1. The molecule has 1 aromatic rings. The van der Waals surface area contributed by atoms with Gasteiger partial charge in [-0.15, -0.1) is 0 Å². The number of methoxy groups -OCH3 is 1. The van der Waals surface area contributed by atoms with Crippen molar-refractivity contribution in [3.8, 4) is 0 Å². The highest BCUT2D eigenvalue weighted by Crippen LogP contribution is 2.16. The predicted molar refractivity (Wildman–Crippen MR) is 84.5 cm³/mol. The summed E-state index contributed by atoms with van der Waals surface area (Å²) in [5, 5.41) is 2.76. The molecule has 0 spiro atoms. The van der Waals surface area contributed by atoms with E-state index in [1.165, 1.54) is 7.11 Å². The molecule has 1 aliphatic heterocycles. The molecule has 0 bridgehead atoms. The smallest absolute Gasteiger partial charge is 0.251 e. The van der Waals surface area contributed by atoms with Gasteiger partial charge in [0.2, 0.25) is 0 Å². The second kappa shape index (κ2) is 6.76. The first-order valence-corrected chi connectivity index (χ1v) is 8.90. The van der Waals surface area contributed by atoms with Gasteiger partial charge in [0.25, 0.3) is 5.91 Å². The summed E-state index contributed by atoms with van der Waals surface area (Å²) in [6.45, 7) is 0.800. The number of sulfone groups is 1. The SMILES string of the molecule is CO[C@@H]1CS(=O)(=O)C[C@H]1NC(=O)c1ccc(CN(C)C)cc1. The van der Waals surface area contributed by atoms with Crippen LogP contribution in [0.4, 0.5) is 0 Å². The van der Waals surface area contributed by atoms with E-state index in [9.17, 15) is 13.2 Å². The van der Waals surface area contributed by atoms with Gasteiger partial charge in [-0.3, -0.25) is 4.79 Å². The molecule has 122 valence electrons. The van der Waals surface area contributed by atoms with Crippen molar-refractivity contribution >= 4 is 15.7 Å². The summed E-state index contributed by atoms with van der Waals surface area (Å²) < 4.78 is 28.4. The maximum Gasteiger partial charge on any atom is 0.251 e. The number of nitrogens with one attached hydrogen (secondary N) is 1. The molecule has 1 heterocycles. The van der Waals surface area contributed by atoms with Gasteiger partial charge in [-0.25, -0.2) is 8.42 Å². The number of benzene rings is 1. The summed E-state index contributed by atoms with van der Waals surface area (Å²) in [6, 6.07) is 6.80. The summed E-state index contributed by atoms with van der Waals surface area (Å²) >= 11 is 0. The maximum absolute atomic E-state index is 12.2. The minimum atomic E-state index is -3.15. The third-order valence-corrected chi connectivity index (χ3v) is 5.34. The molecule has 0 aromatic heterocycles. The molecule has 1 aromatic carbocycles. The Morgan fingerprint density at radius 1 is 1.27 bits per heavy atom. The fourth-order valence-electron chi connectivity index (χ4n) is 2.56. The molecule has 6 nitrogen and oxygen atoms in total. The Balaban J connectivity index is 2.03. The minimum absolute atomic E-state index is 0.0454. The molecule has 1 amide bonds. The molecule has 0 saturated carbocycles. The molecule has 1 aliphatic rings. The summed E-state index contributed by atoms with van der Waals surface area (Å²) in [6.07, 6.45) is -0.484. The zero-order valence-corrected chi connectivity index (χ0v) is 13.9. The molecule has 22 heavy (non-hydrogen) atoms. The van der Waals surface area contributed by atoms with Gasteiger partial charge in [-0.1, -0.05) is 12.1 Å². The van der Waals surface area contributed by atoms with E-state index in [0.717, 1.165) is 12.1 Å². The van der Waals surface area contributed by atoms with Gasteiger partial charge in [0.05, 0.1) is 23.7 Å². The van der Waals surface area contributed by atoms with Crippen molar-refractivity contribution in [3.63, 3.8) is 0 Å². The Bertz CT molecular complexity index is 625. The molecule has 7 heteroatoms. The molecule has 1 fully saturated rings. The molecule has 0 aliphatic carbocycles. The van der Waals surface area contributed by atoms with Crippen LogP contribution >= 0.6 is 0 Å². The molecule has 2 rings (SSSR count). The van der Waals surface area contributed by atoms with Gasteiger partial charge in [-0.05, 0) is 31.8 Å². The first-order valence-electron chi connectivity index (χ1n) is 7.08. The van der Waals surface area contributed by atoms with Crippen LogP contribution in [0.5, 0.6) is 0 Å². The second-order valence-electron chi connectivity index (χ2n) is 5.87. The minimum Gasteiger partial charge on any atom is -0.378 e. The van der Waals surface area contributed by atoms with Crippen molar-refractivity contribution in [1.82, 2.24) is 10.2 Å². The van der Waals surface area contributed by atoms with Crippen molar-refractivity contribution in [3.05, 3.63) is 35.4 Å². The van der Waals surface area contributed by atoms with E-state index in [-0.39, 0.29) is 17.4 Å². The van der Waals surface area contributed by atoms with Crippen molar-refractivity contribution in [2.24, 2.45) is 0 Å². The van der Waals surface area contributed by atoms with E-state index in [2.05, 4.69) is 5.32 Å². The number of nitrogens with zero attached hydrogens (tertiary/aromatic N) is 1. The van der Waals surface area contributed by atoms with Gasteiger partial charge in [0, 0.05) is 19.2 Å². The second-order valence-corrected chi connectivity index (χ2v) is 8.02. The molecule has 0 radical (unpaired) electrons. The number of hydrogen-bond acceptors (Lipinski definition) is 5. The third kappa shape index (κ3) is 4.28. The van der Waals surface area contributed by atoms with Crippen LogP contribution in [0.1, 0.15) is 15.9 Å². The topological polar surface area (TPSA) is 75.7 Å². The van der Waals surface area contributed by atoms with Crippen LogP contribution in [-0.2, 0) is 21.1 Å². The van der Waals surface area contributed by atoms with E-state index >= 15 is 0 Å². The lowest BCUT2D eigenvalue weighted by Crippen LogP contribution is -2.43. The van der Waals surface area contributed by atoms with E-state index < -0.39 is 22.0 Å². The van der Waals surface area contributed by atoms with Gasteiger partial charge in [0.15, 0.2) is 9.84 Å². The maximum atomic E-state index is 12.2. The van der Waals surface area contributed by atoms with Gasteiger partial charge >= 0.3 is 0 Å². The van der Waals surface area contributed by atoms with Crippen LogP contribution in [0.25, 0.3) is 0 Å². The average Bonchev–Trinajstić information content (AvgIpc) is 2.73. The molecule has 2 atom stereocenters. The summed E-state index contributed by atoms with van der Waals surface area (Å²) in [5.74, 6) is -0.396. The third-order valence-electron chi connectivity index (χ3n) is 3.63. The van der Waals surface area contributed by atoms with E-state index in [1.807, 2.05) is 31.1 Å². The van der Waals surface area contributed by atoms with E-state index in [0.29, 0.717) is 5.56 Å². The number of amides is 1. The highest BCUT2D eigenvalue weighted by atomic mass is 32.2. The van der Waals surface area contributed by atoms with Crippen LogP contribution in [-0.4, -0.2) is 64.1 Å². The number of carbonyl (C=O) groups excluding carboxylic acids is 1. The van der Waals surface area contributed by atoms with Gasteiger partial charge < -0.3 is 15.0 Å². The zero-order chi connectivity index (χ0) is 16.3. The van der Waals surface area contributed by atoms with Crippen molar-refractivity contribution < 1.29 is 17.9 Å². The van der Waals surface area contributed by atoms with E-state index in [1.54, 1.807) is 12.1 Å². The Morgan fingerprint density at radius 2 is 1.91 bits per heavy atom. The van der Waals surface area contributed by atoms with Gasteiger partial charge in [-0.2, -0.15) is 0 Å². The Morgan fingerprint density at radius 3 is 2.45 bits per heavy atom. The van der Waals surface area contributed by atoms with Crippen molar-refractivity contribution in [2.45, 2.75) is 18.7 Å². The van der Waals surface area contributed by atoms with Crippen molar-refractivity contribution in [1.29, 1.82) is 0 Å². The summed E-state index contributed by atoms with van der Waals surface area (Å²) in [5.41, 5.74) is 1.63. The molecular weight excluding hydrogens is 304 g/mol. The highest BCUT2D eigenvalue weighted by Gasteiger charge is 2.38. The summed E-state index contributed by atoms with van der Waals surface area (Å²) in [4.78, 5) is 14.3. The monoisotopic (exact) mass is 326 g/mol. The Labute approximate surface area is 131 Å². The summed E-state index contributed by atoms with van der Waals surface area (Å²) in [7, 11) is 2.27. The van der Waals surface area contributed by atoms with E-state index in [4.69, 9.17) is 4.74 Å². The molecule has 1 saturated heterocycles. The predicted octanol–water partition coefficient (Wildman–Crippen LogP) is 0.290. The van der Waals surface area contributed by atoms with Crippen LogP contribution in [0.15, 0.2) is 24.3 Å². The fourth-order valence-corrected chi connectivity index (χ4v) is 4.41. The number of rotatable bonds is 5. The molecule has 1 N–H and O–H groups in total. The van der Waals surface area contributed by atoms with Crippen LogP contribution in [0.3, 0.4) is 0 Å². The quantitative estimate of drug-likeness (QED) is 0.842. The number of ether oxygens (including phenoxy) is 1. The first kappa shape index (κ1) is 16.9. The lowest BCUT2D eigenvalue weighted by atomic mass is 10.1. The van der Waals surface area contributed by atoms with Crippen molar-refractivity contribution in [2.75, 3.05) is 32.7 Å². The van der Waals surface area contributed by atoms with Crippen LogP contribution in [0.2, 0.25) is 0 Å². The molecular formula is C15H22N2O4S. The fraction of sp³-hybridized carbons (Fsp3) is 0.533. The lowest BCUT2D eigenvalue weighted by Gasteiger charge is -2.18. The van der Waals surface area contributed by atoms with Gasteiger partial charge in [0.1, 0.15) is 0 Å². The normalized spacial score (nSPS) is 23.6. The zero-order valence-electron chi connectivity index (χ0n) is 13.1. The van der Waals surface area contributed by atoms with Crippen LogP contribution in [0, 0.1) is 0 Å². The molecule has 0 unspecified atom stereocenters. The highest BCUT2D eigenvalue weighted by molar-refractivity contribution is 7.91. The Kier molecular flexibility index (Phi) is 5.20. The Hall–Kier alpha value is -1.44.